The van der Waals surface area contributed by atoms with Gasteiger partial charge in [-0.25, -0.2) is 4.79 Å². The van der Waals surface area contributed by atoms with Gasteiger partial charge in [0.15, 0.2) is 0 Å². The Labute approximate surface area is 258 Å². The fourth-order valence-electron chi connectivity index (χ4n) is 5.15. The molecule has 2 aromatic rings. The molecule has 2 unspecified atom stereocenters. The molecule has 43 heavy (non-hydrogen) atoms. The predicted octanol–water partition coefficient (Wildman–Crippen LogP) is 6.90. The van der Waals surface area contributed by atoms with Crippen molar-refractivity contribution in [2.45, 2.75) is 124 Å². The number of alkyl carbamates (subject to hydrolysis) is 1. The van der Waals surface area contributed by atoms with Gasteiger partial charge in [0.05, 0.1) is 0 Å². The van der Waals surface area contributed by atoms with E-state index in [1.807, 2.05) is 45.9 Å². The molecule has 8 heteroatoms. The third-order valence-electron chi connectivity index (χ3n) is 6.95. The van der Waals surface area contributed by atoms with Crippen LogP contribution in [0.15, 0.2) is 42.5 Å². The fourth-order valence-corrected chi connectivity index (χ4v) is 5.15. The molecule has 0 bridgehead atoms. The molecule has 3 amide bonds. The van der Waals surface area contributed by atoms with Crippen molar-refractivity contribution in [2.75, 3.05) is 6.54 Å². The smallest absolute Gasteiger partial charge is 0.408 e. The first-order chi connectivity index (χ1) is 20.2. The SMILES string of the molecule is CCCCCCCCN(C(=O)C(Cc1ccc(O)cc1)NC(=O)OC(C)(C)C)C(C(=O)NC(C)C)c1cc(C)cc(C)c1. The van der Waals surface area contributed by atoms with Crippen molar-refractivity contribution in [3.8, 4) is 5.75 Å². The zero-order valence-electron chi connectivity index (χ0n) is 27.5. The number of nitrogens with zero attached hydrogens (tertiary/aromatic N) is 1. The summed E-state index contributed by atoms with van der Waals surface area (Å²) in [6.45, 7) is 15.6. The number of phenols is 1. The van der Waals surface area contributed by atoms with Crippen molar-refractivity contribution in [1.29, 1.82) is 0 Å². The van der Waals surface area contributed by atoms with Gasteiger partial charge in [0.1, 0.15) is 23.4 Å². The standard InChI is InChI=1S/C35H53N3O5/c1-9-10-11-12-13-14-19-38(31(32(40)36-24(2)3)28-21-25(4)20-26(5)22-28)33(41)30(37-34(42)43-35(6,7)8)23-27-15-17-29(39)18-16-27/h15-18,20-22,24,30-31,39H,9-14,19,23H2,1-8H3,(H,36,40)(H,37,42). The summed E-state index contributed by atoms with van der Waals surface area (Å²) in [5.74, 6) is -0.521. The monoisotopic (exact) mass is 595 g/mol. The molecule has 3 N–H and O–H groups in total. The maximum absolute atomic E-state index is 14.6. The Balaban J connectivity index is 2.57. The number of nitrogens with one attached hydrogen (secondary N) is 2. The van der Waals surface area contributed by atoms with Crippen LogP contribution in [0.1, 0.15) is 108 Å². The van der Waals surface area contributed by atoms with Crippen LogP contribution in [0.3, 0.4) is 0 Å². The van der Waals surface area contributed by atoms with E-state index in [1.165, 1.54) is 6.42 Å². The Morgan fingerprint density at radius 2 is 1.47 bits per heavy atom. The highest BCUT2D eigenvalue weighted by molar-refractivity contribution is 5.92. The second-order valence-electron chi connectivity index (χ2n) is 12.9. The Kier molecular flexibility index (Phi) is 14.0. The van der Waals surface area contributed by atoms with Crippen LogP contribution >= 0.6 is 0 Å². The van der Waals surface area contributed by atoms with Crippen molar-refractivity contribution >= 4 is 17.9 Å². The Bertz CT molecular complexity index is 1170. The molecule has 0 aromatic heterocycles. The van der Waals surface area contributed by atoms with Crippen molar-refractivity contribution < 1.29 is 24.2 Å². The molecule has 0 aliphatic rings. The molecule has 0 saturated heterocycles. The Hall–Kier alpha value is -3.55. The van der Waals surface area contributed by atoms with Gasteiger partial charge >= 0.3 is 6.09 Å². The van der Waals surface area contributed by atoms with Crippen molar-refractivity contribution in [2.24, 2.45) is 0 Å². The Morgan fingerprint density at radius 1 is 0.884 bits per heavy atom. The van der Waals surface area contributed by atoms with Gasteiger partial charge in [0, 0.05) is 19.0 Å². The van der Waals surface area contributed by atoms with Crippen LogP contribution in [0, 0.1) is 13.8 Å². The lowest BCUT2D eigenvalue weighted by Gasteiger charge is -2.35. The van der Waals surface area contributed by atoms with E-state index in [0.717, 1.165) is 54.4 Å². The summed E-state index contributed by atoms with van der Waals surface area (Å²) in [6, 6.07) is 10.5. The predicted molar refractivity (Wildman–Crippen MR) is 172 cm³/mol. The molecule has 2 aromatic carbocycles. The highest BCUT2D eigenvalue weighted by atomic mass is 16.6. The number of phenolic OH excluding ortho intramolecular Hbond substituents is 1. The molecule has 2 rings (SSSR count). The van der Waals surface area contributed by atoms with Gasteiger partial charge in [-0.3, -0.25) is 9.59 Å². The number of benzene rings is 2. The highest BCUT2D eigenvalue weighted by Gasteiger charge is 2.36. The van der Waals surface area contributed by atoms with Crippen LogP contribution in [0.5, 0.6) is 5.75 Å². The third kappa shape index (κ3) is 12.7. The van der Waals surface area contributed by atoms with Crippen molar-refractivity contribution in [1.82, 2.24) is 15.5 Å². The lowest BCUT2D eigenvalue weighted by atomic mass is 9.96. The maximum Gasteiger partial charge on any atom is 0.408 e. The summed E-state index contributed by atoms with van der Waals surface area (Å²) in [5.41, 5.74) is 2.72. The number of aryl methyl sites for hydroxylation is 2. The van der Waals surface area contributed by atoms with E-state index in [4.69, 9.17) is 4.74 Å². The first-order valence-corrected chi connectivity index (χ1v) is 15.7. The molecular weight excluding hydrogens is 542 g/mol. The Morgan fingerprint density at radius 3 is 2.02 bits per heavy atom. The van der Waals surface area contributed by atoms with Crippen LogP contribution < -0.4 is 10.6 Å². The third-order valence-corrected chi connectivity index (χ3v) is 6.95. The number of amides is 3. The number of unbranched alkanes of at least 4 members (excludes halogenated alkanes) is 5. The van der Waals surface area contributed by atoms with Crippen molar-refractivity contribution in [3.63, 3.8) is 0 Å². The summed E-state index contributed by atoms with van der Waals surface area (Å²) in [4.78, 5) is 43.1. The number of hydrogen-bond acceptors (Lipinski definition) is 5. The number of carbonyl (C=O) groups is 3. The topological polar surface area (TPSA) is 108 Å². The summed E-state index contributed by atoms with van der Waals surface area (Å²) in [5, 5.41) is 15.6. The van der Waals surface area contributed by atoms with Gasteiger partial charge in [-0.1, -0.05) is 80.5 Å². The van der Waals surface area contributed by atoms with Gasteiger partial charge < -0.3 is 25.4 Å². The minimum absolute atomic E-state index is 0.108. The average molecular weight is 596 g/mol. The van der Waals surface area contributed by atoms with E-state index in [9.17, 15) is 19.5 Å². The first-order valence-electron chi connectivity index (χ1n) is 15.7. The lowest BCUT2D eigenvalue weighted by Crippen LogP contribution is -2.54. The number of rotatable bonds is 15. The van der Waals surface area contributed by atoms with Gasteiger partial charge in [-0.05, 0) is 78.1 Å². The van der Waals surface area contributed by atoms with Crippen LogP contribution in [-0.4, -0.2) is 52.1 Å². The molecule has 0 aliphatic heterocycles. The second-order valence-corrected chi connectivity index (χ2v) is 12.9. The summed E-state index contributed by atoms with van der Waals surface area (Å²) in [7, 11) is 0. The van der Waals surface area contributed by atoms with E-state index >= 15 is 0 Å². The molecule has 0 radical (unpaired) electrons. The molecule has 0 spiro atoms. The van der Waals surface area contributed by atoms with Crippen LogP contribution in [0.2, 0.25) is 0 Å². The fraction of sp³-hybridized carbons (Fsp3) is 0.571. The first kappa shape index (κ1) is 35.6. The maximum atomic E-state index is 14.6. The zero-order valence-corrected chi connectivity index (χ0v) is 27.5. The molecular formula is C35H53N3O5. The molecule has 8 nitrogen and oxygen atoms in total. The van der Waals surface area contributed by atoms with Crippen molar-refractivity contribution in [3.05, 3.63) is 64.7 Å². The van der Waals surface area contributed by atoms with E-state index in [2.05, 4.69) is 17.6 Å². The molecule has 0 saturated carbocycles. The number of ether oxygens (including phenoxy) is 1. The minimum Gasteiger partial charge on any atom is -0.508 e. The number of hydrogen-bond donors (Lipinski definition) is 3. The van der Waals surface area contributed by atoms with Crippen LogP contribution in [0.4, 0.5) is 4.79 Å². The number of aromatic hydroxyl groups is 1. The summed E-state index contributed by atoms with van der Waals surface area (Å²) in [6.07, 6.45) is 5.60. The molecule has 238 valence electrons. The number of carbonyl (C=O) groups excluding carboxylic acids is 3. The molecule has 0 fully saturated rings. The average Bonchev–Trinajstić information content (AvgIpc) is 2.88. The van der Waals surface area contributed by atoms with E-state index in [1.54, 1.807) is 49.9 Å². The van der Waals surface area contributed by atoms with Gasteiger partial charge in [0.25, 0.3) is 0 Å². The van der Waals surface area contributed by atoms with E-state index in [-0.39, 0.29) is 30.0 Å². The molecule has 0 aliphatic carbocycles. The summed E-state index contributed by atoms with van der Waals surface area (Å²) >= 11 is 0. The highest BCUT2D eigenvalue weighted by Crippen LogP contribution is 2.27. The normalized spacial score (nSPS) is 12.9. The van der Waals surface area contributed by atoms with Gasteiger partial charge in [-0.15, -0.1) is 0 Å². The van der Waals surface area contributed by atoms with Crippen LogP contribution in [0.25, 0.3) is 0 Å². The molecule has 0 heterocycles. The largest absolute Gasteiger partial charge is 0.508 e. The van der Waals surface area contributed by atoms with Gasteiger partial charge in [0.2, 0.25) is 11.8 Å². The molecule has 2 atom stereocenters. The minimum atomic E-state index is -1.00. The van der Waals surface area contributed by atoms with Crippen LogP contribution in [-0.2, 0) is 20.7 Å². The lowest BCUT2D eigenvalue weighted by molar-refractivity contribution is -0.142. The van der Waals surface area contributed by atoms with E-state index in [0.29, 0.717) is 6.54 Å². The van der Waals surface area contributed by atoms with E-state index < -0.39 is 23.8 Å². The zero-order chi connectivity index (χ0) is 32.2. The summed E-state index contributed by atoms with van der Waals surface area (Å²) < 4.78 is 5.53. The second kappa shape index (κ2) is 16.9. The quantitative estimate of drug-likeness (QED) is 0.194. The van der Waals surface area contributed by atoms with Gasteiger partial charge in [-0.2, -0.15) is 0 Å².